The van der Waals surface area contributed by atoms with E-state index in [0.29, 0.717) is 5.56 Å². The zero-order valence-corrected chi connectivity index (χ0v) is 10.5. The molecular formula is C11H12FN3O2S. The molecule has 1 aromatic carbocycles. The summed E-state index contributed by atoms with van der Waals surface area (Å²) in [4.78, 5) is 0. The molecule has 2 aromatic rings. The van der Waals surface area contributed by atoms with E-state index in [0.717, 1.165) is 4.31 Å². The molecule has 0 fully saturated rings. The number of halogens is 1. The fraction of sp³-hybridized carbons (Fsp3) is 0.182. The Bertz CT molecular complexity index is 625. The van der Waals surface area contributed by atoms with E-state index in [1.807, 2.05) is 0 Å². The van der Waals surface area contributed by atoms with E-state index >= 15 is 0 Å². The molecule has 0 saturated carbocycles. The summed E-state index contributed by atoms with van der Waals surface area (Å²) in [5.41, 5.74) is 0.584. The van der Waals surface area contributed by atoms with Crippen LogP contribution in [0.25, 0.3) is 0 Å². The van der Waals surface area contributed by atoms with Gasteiger partial charge in [-0.15, -0.1) is 0 Å². The van der Waals surface area contributed by atoms with Crippen molar-refractivity contribution in [2.45, 2.75) is 11.6 Å². The maximum absolute atomic E-state index is 13.0. The molecule has 1 aromatic heterocycles. The minimum atomic E-state index is -3.61. The normalized spacial score (nSPS) is 11.9. The van der Waals surface area contributed by atoms with Gasteiger partial charge in [-0.1, -0.05) is 12.1 Å². The van der Waals surface area contributed by atoms with E-state index in [1.54, 1.807) is 12.1 Å². The van der Waals surface area contributed by atoms with Gasteiger partial charge in [0, 0.05) is 13.6 Å². The number of rotatable bonds is 4. The molecule has 7 heteroatoms. The summed E-state index contributed by atoms with van der Waals surface area (Å²) in [5, 5.41) is 6.02. The lowest BCUT2D eigenvalue weighted by Gasteiger charge is -2.15. The van der Waals surface area contributed by atoms with E-state index in [-0.39, 0.29) is 17.4 Å². The maximum Gasteiger partial charge on any atom is 0.260 e. The topological polar surface area (TPSA) is 66.1 Å². The Morgan fingerprint density at radius 2 is 2.17 bits per heavy atom. The van der Waals surface area contributed by atoms with Crippen LogP contribution in [0.15, 0.2) is 41.6 Å². The van der Waals surface area contributed by atoms with E-state index in [4.69, 9.17) is 0 Å². The van der Waals surface area contributed by atoms with Gasteiger partial charge in [0.05, 0.1) is 6.20 Å². The predicted octanol–water partition coefficient (Wildman–Crippen LogP) is 1.37. The van der Waals surface area contributed by atoms with Gasteiger partial charge in [-0.05, 0) is 23.8 Å². The van der Waals surface area contributed by atoms with Crippen LogP contribution >= 0.6 is 0 Å². The number of hydrogen-bond acceptors (Lipinski definition) is 3. The summed E-state index contributed by atoms with van der Waals surface area (Å²) in [6.07, 6.45) is 1.36. The summed E-state index contributed by atoms with van der Waals surface area (Å²) in [5.74, 6) is -0.389. The van der Waals surface area contributed by atoms with Crippen LogP contribution in [0.3, 0.4) is 0 Å². The Hall–Kier alpha value is -1.73. The van der Waals surface area contributed by atoms with Crippen LogP contribution in [0, 0.1) is 5.82 Å². The fourth-order valence-electron chi connectivity index (χ4n) is 1.53. The van der Waals surface area contributed by atoms with Crippen molar-refractivity contribution in [3.63, 3.8) is 0 Å². The quantitative estimate of drug-likeness (QED) is 0.911. The first kappa shape index (κ1) is 12.7. The van der Waals surface area contributed by atoms with Gasteiger partial charge in [0.1, 0.15) is 5.82 Å². The van der Waals surface area contributed by atoms with Gasteiger partial charge < -0.3 is 0 Å². The van der Waals surface area contributed by atoms with Crippen molar-refractivity contribution in [2.75, 3.05) is 7.05 Å². The second kappa shape index (κ2) is 4.87. The number of hydrogen-bond donors (Lipinski definition) is 1. The van der Waals surface area contributed by atoms with E-state index in [2.05, 4.69) is 10.2 Å². The number of sulfonamides is 1. The number of aromatic amines is 1. The Kier molecular flexibility index (Phi) is 3.44. The summed E-state index contributed by atoms with van der Waals surface area (Å²) in [7, 11) is -2.18. The van der Waals surface area contributed by atoms with Crippen LogP contribution < -0.4 is 0 Å². The predicted molar refractivity (Wildman–Crippen MR) is 63.6 cm³/mol. The molecule has 1 N–H and O–H groups in total. The van der Waals surface area contributed by atoms with Gasteiger partial charge in [0.2, 0.25) is 0 Å². The summed E-state index contributed by atoms with van der Waals surface area (Å²) < 4.78 is 38.2. The molecule has 0 spiro atoms. The summed E-state index contributed by atoms with van der Waals surface area (Å²) in [6, 6.07) is 7.20. The van der Waals surface area contributed by atoms with Gasteiger partial charge >= 0.3 is 0 Å². The maximum atomic E-state index is 13.0. The molecular weight excluding hydrogens is 257 g/mol. The van der Waals surface area contributed by atoms with Gasteiger partial charge in [0.15, 0.2) is 5.03 Å². The second-order valence-corrected chi connectivity index (χ2v) is 5.83. The highest BCUT2D eigenvalue weighted by Gasteiger charge is 2.22. The first-order valence-electron chi connectivity index (χ1n) is 5.20. The fourth-order valence-corrected chi connectivity index (χ4v) is 2.59. The smallest absolute Gasteiger partial charge is 0.260 e. The van der Waals surface area contributed by atoms with Crippen molar-refractivity contribution in [1.29, 1.82) is 0 Å². The monoisotopic (exact) mass is 269 g/mol. The second-order valence-electron chi connectivity index (χ2n) is 3.81. The molecule has 0 aliphatic rings. The minimum absolute atomic E-state index is 0.0152. The van der Waals surface area contributed by atoms with Crippen LogP contribution in [-0.4, -0.2) is 30.0 Å². The van der Waals surface area contributed by atoms with Crippen LogP contribution in [0.1, 0.15) is 5.56 Å². The highest BCUT2D eigenvalue weighted by Crippen LogP contribution is 2.14. The van der Waals surface area contributed by atoms with Crippen molar-refractivity contribution in [2.24, 2.45) is 0 Å². The molecule has 5 nitrogen and oxygen atoms in total. The highest BCUT2D eigenvalue weighted by atomic mass is 32.2. The van der Waals surface area contributed by atoms with Crippen LogP contribution in [0.2, 0.25) is 0 Å². The van der Waals surface area contributed by atoms with Gasteiger partial charge in [-0.25, -0.2) is 12.8 Å². The molecule has 0 bridgehead atoms. The lowest BCUT2D eigenvalue weighted by Crippen LogP contribution is -2.26. The van der Waals surface area contributed by atoms with Crippen molar-refractivity contribution in [1.82, 2.24) is 14.5 Å². The third-order valence-corrected chi connectivity index (χ3v) is 4.19. The first-order valence-corrected chi connectivity index (χ1v) is 6.64. The van der Waals surface area contributed by atoms with Gasteiger partial charge in [-0.3, -0.25) is 5.10 Å². The first-order chi connectivity index (χ1) is 8.50. The Labute approximate surface area is 104 Å². The lowest BCUT2D eigenvalue weighted by atomic mass is 10.2. The largest absolute Gasteiger partial charge is 0.266 e. The van der Waals surface area contributed by atoms with E-state index in [1.165, 1.54) is 31.4 Å². The number of nitrogens with one attached hydrogen (secondary N) is 1. The molecule has 96 valence electrons. The Morgan fingerprint density at radius 3 is 2.78 bits per heavy atom. The van der Waals surface area contributed by atoms with Crippen molar-refractivity contribution >= 4 is 10.0 Å². The van der Waals surface area contributed by atoms with Crippen LogP contribution in [0.5, 0.6) is 0 Å². The third-order valence-electron chi connectivity index (χ3n) is 2.46. The third kappa shape index (κ3) is 2.57. The summed E-state index contributed by atoms with van der Waals surface area (Å²) in [6.45, 7) is 0.0963. The average Bonchev–Trinajstić information content (AvgIpc) is 2.82. The molecule has 1 heterocycles. The van der Waals surface area contributed by atoms with Gasteiger partial charge in [-0.2, -0.15) is 9.40 Å². The SMILES string of the molecule is CN(Cc1cccc(F)c1)S(=O)(=O)c1ccn[nH]1. The van der Waals surface area contributed by atoms with E-state index in [9.17, 15) is 12.8 Å². The van der Waals surface area contributed by atoms with Crippen LogP contribution in [-0.2, 0) is 16.6 Å². The molecule has 0 aliphatic carbocycles. The molecule has 2 rings (SSSR count). The molecule has 0 amide bonds. The zero-order valence-electron chi connectivity index (χ0n) is 9.67. The molecule has 0 saturated heterocycles. The number of aromatic nitrogens is 2. The summed E-state index contributed by atoms with van der Waals surface area (Å²) >= 11 is 0. The highest BCUT2D eigenvalue weighted by molar-refractivity contribution is 7.89. The van der Waals surface area contributed by atoms with Crippen molar-refractivity contribution in [3.05, 3.63) is 47.9 Å². The van der Waals surface area contributed by atoms with Crippen molar-refractivity contribution < 1.29 is 12.8 Å². The van der Waals surface area contributed by atoms with Crippen LogP contribution in [0.4, 0.5) is 4.39 Å². The average molecular weight is 269 g/mol. The number of benzene rings is 1. The molecule has 0 radical (unpaired) electrons. The van der Waals surface area contributed by atoms with Crippen molar-refractivity contribution in [3.8, 4) is 0 Å². The molecule has 0 aliphatic heterocycles. The Balaban J connectivity index is 2.20. The molecule has 0 atom stereocenters. The Morgan fingerprint density at radius 1 is 1.39 bits per heavy atom. The lowest BCUT2D eigenvalue weighted by molar-refractivity contribution is 0.462. The molecule has 18 heavy (non-hydrogen) atoms. The van der Waals surface area contributed by atoms with Gasteiger partial charge in [0.25, 0.3) is 10.0 Å². The standard InChI is InChI=1S/C11H12FN3O2S/c1-15(8-9-3-2-4-10(12)7-9)18(16,17)11-5-6-13-14-11/h2-7H,8H2,1H3,(H,13,14). The van der Waals surface area contributed by atoms with E-state index < -0.39 is 10.0 Å². The molecule has 0 unspecified atom stereocenters. The minimum Gasteiger partial charge on any atom is -0.266 e. The number of H-pyrrole nitrogens is 1. The zero-order chi connectivity index (χ0) is 13.2. The number of nitrogens with zero attached hydrogens (tertiary/aromatic N) is 2.